The second kappa shape index (κ2) is 8.25. The van der Waals surface area contributed by atoms with E-state index in [9.17, 15) is 14.0 Å². The van der Waals surface area contributed by atoms with Gasteiger partial charge in [0.05, 0.1) is 10.2 Å². The van der Waals surface area contributed by atoms with Gasteiger partial charge in [-0.1, -0.05) is 38.1 Å². The van der Waals surface area contributed by atoms with Crippen LogP contribution in [0, 0.1) is 5.82 Å². The molecule has 1 N–H and O–H groups in total. The smallest absolute Gasteiger partial charge is 0.324 e. The van der Waals surface area contributed by atoms with E-state index in [-0.39, 0.29) is 18.3 Å². The summed E-state index contributed by atoms with van der Waals surface area (Å²) >= 11 is 1.40. The van der Waals surface area contributed by atoms with Crippen LogP contribution >= 0.6 is 11.3 Å². The first kappa shape index (κ1) is 21.0. The normalized spacial score (nSPS) is 11.5. The Morgan fingerprint density at radius 3 is 2.55 bits per heavy atom. The second-order valence-electron chi connectivity index (χ2n) is 8.04. The fourth-order valence-electron chi connectivity index (χ4n) is 3.66. The van der Waals surface area contributed by atoms with E-state index in [2.05, 4.69) is 29.2 Å². The topological polar surface area (TPSA) is 81.3 Å². The number of thiophene rings is 1. The van der Waals surface area contributed by atoms with Gasteiger partial charge in [-0.2, -0.15) is 0 Å². The molecule has 33 heavy (non-hydrogen) atoms. The van der Waals surface area contributed by atoms with Gasteiger partial charge in [0.1, 0.15) is 18.7 Å². The number of nitrogens with one attached hydrogen (secondary N) is 1. The highest BCUT2D eigenvalue weighted by Crippen LogP contribution is 2.34. The first-order chi connectivity index (χ1) is 15.9. The van der Waals surface area contributed by atoms with Crippen molar-refractivity contribution in [3.8, 4) is 11.1 Å². The Morgan fingerprint density at radius 1 is 1.12 bits per heavy atom. The van der Waals surface area contributed by atoms with Gasteiger partial charge in [0.15, 0.2) is 5.65 Å². The molecule has 0 bridgehead atoms. The molecular formula is C24H20FN5O2S. The molecule has 0 aliphatic heterocycles. The van der Waals surface area contributed by atoms with Crippen LogP contribution in [-0.4, -0.2) is 25.1 Å². The van der Waals surface area contributed by atoms with Crippen LogP contribution in [0.3, 0.4) is 0 Å². The Balaban J connectivity index is 1.44. The summed E-state index contributed by atoms with van der Waals surface area (Å²) in [4.78, 5) is 29.8. The summed E-state index contributed by atoms with van der Waals surface area (Å²) in [5.41, 5.74) is 4.15. The maximum absolute atomic E-state index is 13.3. The minimum atomic E-state index is -0.443. The van der Waals surface area contributed by atoms with Crippen LogP contribution in [-0.2, 0) is 11.3 Å². The average Bonchev–Trinajstić information content (AvgIpc) is 3.36. The zero-order valence-electron chi connectivity index (χ0n) is 17.9. The molecule has 7 nitrogen and oxygen atoms in total. The van der Waals surface area contributed by atoms with Crippen LogP contribution in [0.25, 0.3) is 27.0 Å². The number of anilines is 1. The molecule has 166 valence electrons. The number of hydrogen-bond acceptors (Lipinski definition) is 5. The van der Waals surface area contributed by atoms with E-state index in [1.165, 1.54) is 39.8 Å². The van der Waals surface area contributed by atoms with Crippen molar-refractivity contribution in [1.29, 1.82) is 0 Å². The van der Waals surface area contributed by atoms with E-state index < -0.39 is 5.69 Å². The molecule has 0 saturated carbocycles. The molecule has 0 radical (unpaired) electrons. The average molecular weight is 462 g/mol. The molecule has 0 fully saturated rings. The fourth-order valence-corrected chi connectivity index (χ4v) is 4.66. The van der Waals surface area contributed by atoms with Crippen LogP contribution < -0.4 is 11.0 Å². The highest BCUT2D eigenvalue weighted by atomic mass is 32.1. The van der Waals surface area contributed by atoms with Gasteiger partial charge < -0.3 is 5.32 Å². The summed E-state index contributed by atoms with van der Waals surface area (Å²) in [5, 5.41) is 9.11. The Morgan fingerprint density at radius 2 is 1.85 bits per heavy atom. The van der Waals surface area contributed by atoms with Crippen molar-refractivity contribution in [3.05, 3.63) is 82.1 Å². The largest absolute Gasteiger partial charge is 0.352 e. The number of fused-ring (bicyclic) bond motifs is 3. The van der Waals surface area contributed by atoms with Gasteiger partial charge in [-0.15, -0.1) is 16.4 Å². The third-order valence-electron chi connectivity index (χ3n) is 5.45. The van der Waals surface area contributed by atoms with Crippen molar-refractivity contribution in [2.24, 2.45) is 0 Å². The minimum Gasteiger partial charge on any atom is -0.324 e. The molecule has 0 unspecified atom stereocenters. The van der Waals surface area contributed by atoms with Crippen LogP contribution in [0.15, 0.2) is 65.0 Å². The molecule has 2 aromatic carbocycles. The molecular weight excluding hydrogens is 441 g/mol. The van der Waals surface area contributed by atoms with Crippen molar-refractivity contribution in [2.75, 3.05) is 5.32 Å². The minimum absolute atomic E-state index is 0.218. The summed E-state index contributed by atoms with van der Waals surface area (Å²) in [5.74, 6) is -0.258. The standard InChI is InChI=1S/C24H20FN5O2S/c1-14(2)15-5-9-18(10-6-15)27-20(31)11-30-24(32)29-13-26-21-19(12-33-22(21)23(29)28-30)16-3-7-17(25)8-4-16/h3-10,12-14H,11H2,1-2H3,(H,27,31). The third-order valence-corrected chi connectivity index (χ3v) is 6.42. The predicted molar refractivity (Wildman–Crippen MR) is 127 cm³/mol. The Hall–Kier alpha value is -3.85. The maximum Gasteiger partial charge on any atom is 0.352 e. The molecule has 5 rings (SSSR count). The fraction of sp³-hybridized carbons (Fsp3) is 0.167. The van der Waals surface area contributed by atoms with E-state index >= 15 is 0 Å². The highest BCUT2D eigenvalue weighted by molar-refractivity contribution is 7.18. The van der Waals surface area contributed by atoms with E-state index in [1.54, 1.807) is 12.1 Å². The molecule has 5 aromatic rings. The van der Waals surface area contributed by atoms with Crippen molar-refractivity contribution < 1.29 is 9.18 Å². The summed E-state index contributed by atoms with van der Waals surface area (Å²) < 4.78 is 16.5. The lowest BCUT2D eigenvalue weighted by Crippen LogP contribution is -2.28. The summed E-state index contributed by atoms with van der Waals surface area (Å²) in [6.45, 7) is 3.99. The molecule has 0 saturated heterocycles. The van der Waals surface area contributed by atoms with Crippen LogP contribution in [0.1, 0.15) is 25.3 Å². The van der Waals surface area contributed by atoms with E-state index in [0.29, 0.717) is 22.8 Å². The number of rotatable bonds is 5. The molecule has 3 aromatic heterocycles. The van der Waals surface area contributed by atoms with Crippen molar-refractivity contribution in [3.63, 3.8) is 0 Å². The van der Waals surface area contributed by atoms with E-state index in [4.69, 9.17) is 0 Å². The number of amides is 1. The van der Waals surface area contributed by atoms with Gasteiger partial charge in [0.25, 0.3) is 0 Å². The highest BCUT2D eigenvalue weighted by Gasteiger charge is 2.17. The monoisotopic (exact) mass is 461 g/mol. The summed E-state index contributed by atoms with van der Waals surface area (Å²) in [7, 11) is 0. The number of hydrogen-bond donors (Lipinski definition) is 1. The van der Waals surface area contributed by atoms with Crippen molar-refractivity contribution >= 4 is 38.8 Å². The maximum atomic E-state index is 13.3. The lowest BCUT2D eigenvalue weighted by molar-refractivity contribution is -0.117. The molecule has 9 heteroatoms. The summed E-state index contributed by atoms with van der Waals surface area (Å²) in [6.07, 6.45) is 1.41. The quantitative estimate of drug-likeness (QED) is 0.412. The van der Waals surface area contributed by atoms with Gasteiger partial charge in [-0.05, 0) is 41.3 Å². The van der Waals surface area contributed by atoms with E-state index in [1.807, 2.05) is 29.6 Å². The van der Waals surface area contributed by atoms with Crippen LogP contribution in [0.2, 0.25) is 0 Å². The third kappa shape index (κ3) is 3.91. The lowest BCUT2D eigenvalue weighted by atomic mass is 10.0. The van der Waals surface area contributed by atoms with Gasteiger partial charge in [-0.25, -0.2) is 23.3 Å². The SMILES string of the molecule is CC(C)c1ccc(NC(=O)Cn2nc3c4scc(-c5ccc(F)cc5)c4ncn3c2=O)cc1. The summed E-state index contributed by atoms with van der Waals surface area (Å²) in [6, 6.07) is 13.8. The second-order valence-corrected chi connectivity index (χ2v) is 8.92. The lowest BCUT2D eigenvalue weighted by Gasteiger charge is -2.08. The first-order valence-corrected chi connectivity index (χ1v) is 11.3. The van der Waals surface area contributed by atoms with Crippen LogP contribution in [0.4, 0.5) is 10.1 Å². The molecule has 3 heterocycles. The van der Waals surface area contributed by atoms with Crippen molar-refractivity contribution in [2.45, 2.75) is 26.3 Å². The number of carbonyl (C=O) groups excluding carboxylic acids is 1. The van der Waals surface area contributed by atoms with Crippen LogP contribution in [0.5, 0.6) is 0 Å². The predicted octanol–water partition coefficient (Wildman–Crippen LogP) is 4.67. The number of halogens is 1. The van der Waals surface area contributed by atoms with Gasteiger partial charge in [0.2, 0.25) is 5.91 Å². The van der Waals surface area contributed by atoms with Gasteiger partial charge >= 0.3 is 5.69 Å². The number of carbonyl (C=O) groups is 1. The van der Waals surface area contributed by atoms with E-state index in [0.717, 1.165) is 20.5 Å². The zero-order valence-corrected chi connectivity index (χ0v) is 18.8. The molecule has 0 aliphatic rings. The number of aromatic nitrogens is 4. The van der Waals surface area contributed by atoms with Gasteiger partial charge in [-0.3, -0.25) is 4.79 Å². The molecule has 1 amide bonds. The molecule has 0 aliphatic carbocycles. The zero-order chi connectivity index (χ0) is 23.1. The number of benzene rings is 2. The van der Waals surface area contributed by atoms with Crippen molar-refractivity contribution in [1.82, 2.24) is 19.2 Å². The van der Waals surface area contributed by atoms with Gasteiger partial charge in [0, 0.05) is 16.6 Å². The molecule has 0 spiro atoms. The molecule has 0 atom stereocenters. The Labute approximate surface area is 192 Å². The number of nitrogens with zero attached hydrogens (tertiary/aromatic N) is 4. The Bertz CT molecular complexity index is 1530. The first-order valence-electron chi connectivity index (χ1n) is 10.4. The Kier molecular flexibility index (Phi) is 5.26.